The number of sulfonamides is 1. The van der Waals surface area contributed by atoms with Crippen LogP contribution in [-0.2, 0) is 10.0 Å². The van der Waals surface area contributed by atoms with Gasteiger partial charge in [0.05, 0.1) is 12.4 Å². The first-order valence-corrected chi connectivity index (χ1v) is 8.23. The number of anilines is 1. The fourth-order valence-corrected chi connectivity index (χ4v) is 3.21. The number of nitrogens with zero attached hydrogens (tertiary/aromatic N) is 3. The van der Waals surface area contributed by atoms with Crippen LogP contribution in [0.2, 0.25) is 0 Å². The summed E-state index contributed by atoms with van der Waals surface area (Å²) in [5, 5.41) is 2.92. The Balaban J connectivity index is 1.95. The Hall–Kier alpha value is -1.25. The molecule has 0 saturated carbocycles. The average molecular weight is 299 g/mol. The van der Waals surface area contributed by atoms with E-state index in [4.69, 9.17) is 0 Å². The fraction of sp³-hybridized carbons (Fsp3) is 0.667. The molecule has 1 fully saturated rings. The Kier molecular flexibility index (Phi) is 4.90. The van der Waals surface area contributed by atoms with Crippen molar-refractivity contribution in [2.45, 2.75) is 18.2 Å². The molecule has 2 rings (SSSR count). The van der Waals surface area contributed by atoms with Crippen LogP contribution in [0.15, 0.2) is 17.3 Å². The molecule has 0 aliphatic carbocycles. The maximum absolute atomic E-state index is 12.1. The molecule has 1 aliphatic rings. The monoisotopic (exact) mass is 299 g/mol. The molecule has 1 aliphatic heterocycles. The predicted molar refractivity (Wildman–Crippen MR) is 77.0 cm³/mol. The van der Waals surface area contributed by atoms with E-state index in [-0.39, 0.29) is 4.90 Å². The van der Waals surface area contributed by atoms with Gasteiger partial charge in [-0.15, -0.1) is 0 Å². The second kappa shape index (κ2) is 6.47. The van der Waals surface area contributed by atoms with Crippen molar-refractivity contribution >= 4 is 16.0 Å². The Bertz CT molecular complexity index is 531. The minimum Gasteiger partial charge on any atom is -0.355 e. The summed E-state index contributed by atoms with van der Waals surface area (Å²) in [5.74, 6) is 0.806. The van der Waals surface area contributed by atoms with Crippen molar-refractivity contribution in [3.63, 3.8) is 0 Å². The van der Waals surface area contributed by atoms with Gasteiger partial charge in [-0.05, 0) is 32.9 Å². The third kappa shape index (κ3) is 3.87. The topological polar surface area (TPSA) is 87.2 Å². The second-order valence-electron chi connectivity index (χ2n) is 5.04. The number of hydrogen-bond donors (Lipinski definition) is 2. The molecular formula is C12H21N5O2S. The van der Waals surface area contributed by atoms with E-state index in [9.17, 15) is 8.42 Å². The van der Waals surface area contributed by atoms with Crippen LogP contribution in [0.5, 0.6) is 0 Å². The smallest absolute Gasteiger partial charge is 0.243 e. The lowest BCUT2D eigenvalue weighted by atomic mass is 10.1. The summed E-state index contributed by atoms with van der Waals surface area (Å²) < 4.78 is 26.9. The summed E-state index contributed by atoms with van der Waals surface area (Å²) in [7, 11) is -1.47. The van der Waals surface area contributed by atoms with E-state index in [1.54, 1.807) is 0 Å². The summed E-state index contributed by atoms with van der Waals surface area (Å²) >= 11 is 0. The molecule has 1 saturated heterocycles. The number of nitrogens with one attached hydrogen (secondary N) is 2. The molecule has 1 aromatic heterocycles. The molecule has 0 amide bonds. The maximum atomic E-state index is 12.1. The van der Waals surface area contributed by atoms with Gasteiger partial charge in [0.25, 0.3) is 0 Å². The lowest BCUT2D eigenvalue weighted by Crippen LogP contribution is -2.30. The van der Waals surface area contributed by atoms with Crippen molar-refractivity contribution in [1.82, 2.24) is 19.6 Å². The van der Waals surface area contributed by atoms with Crippen LogP contribution >= 0.6 is 0 Å². The first-order valence-electron chi connectivity index (χ1n) is 6.75. The molecule has 1 aromatic rings. The molecule has 7 nitrogen and oxygen atoms in total. The summed E-state index contributed by atoms with van der Waals surface area (Å²) in [6, 6.07) is 0. The zero-order valence-electron chi connectivity index (χ0n) is 11.8. The number of rotatable bonds is 6. The zero-order valence-corrected chi connectivity index (χ0v) is 12.7. The van der Waals surface area contributed by atoms with E-state index in [0.717, 1.165) is 19.5 Å². The zero-order chi connectivity index (χ0) is 14.6. The molecule has 0 bridgehead atoms. The van der Waals surface area contributed by atoms with E-state index in [1.165, 1.54) is 12.4 Å². The average Bonchev–Trinajstić information content (AvgIpc) is 2.84. The normalized spacial score (nSPS) is 20.2. The van der Waals surface area contributed by atoms with Gasteiger partial charge >= 0.3 is 0 Å². The van der Waals surface area contributed by atoms with Gasteiger partial charge in [0.15, 0.2) is 0 Å². The first kappa shape index (κ1) is 15.1. The maximum Gasteiger partial charge on any atom is 0.243 e. The van der Waals surface area contributed by atoms with Crippen molar-refractivity contribution in [2.75, 3.05) is 38.5 Å². The molecule has 112 valence electrons. The molecule has 20 heavy (non-hydrogen) atoms. The molecule has 0 radical (unpaired) electrons. The number of aromatic nitrogens is 2. The lowest BCUT2D eigenvalue weighted by molar-refractivity contribution is 0.394. The highest BCUT2D eigenvalue weighted by atomic mass is 32.2. The van der Waals surface area contributed by atoms with Gasteiger partial charge in [0, 0.05) is 19.6 Å². The highest BCUT2D eigenvalue weighted by Gasteiger charge is 2.22. The van der Waals surface area contributed by atoms with Crippen molar-refractivity contribution in [3.05, 3.63) is 12.4 Å². The molecule has 0 spiro atoms. The predicted octanol–water partition coefficient (Wildman–Crippen LogP) is 0.138. The van der Waals surface area contributed by atoms with Crippen LogP contribution in [0.1, 0.15) is 13.3 Å². The van der Waals surface area contributed by atoms with Gasteiger partial charge in [-0.1, -0.05) is 0 Å². The summed E-state index contributed by atoms with van der Waals surface area (Å²) in [5.41, 5.74) is 0. The van der Waals surface area contributed by atoms with Crippen molar-refractivity contribution < 1.29 is 8.42 Å². The molecular weight excluding hydrogens is 278 g/mol. The highest BCUT2D eigenvalue weighted by Crippen LogP contribution is 2.14. The minimum absolute atomic E-state index is 0.102. The van der Waals surface area contributed by atoms with Crippen LogP contribution in [0, 0.1) is 5.92 Å². The molecule has 1 atom stereocenters. The van der Waals surface area contributed by atoms with Crippen molar-refractivity contribution in [1.29, 1.82) is 0 Å². The molecule has 2 N–H and O–H groups in total. The van der Waals surface area contributed by atoms with Gasteiger partial charge in [0.2, 0.25) is 16.0 Å². The molecule has 2 heterocycles. The number of hydrogen-bond acceptors (Lipinski definition) is 6. The van der Waals surface area contributed by atoms with Gasteiger partial charge < -0.3 is 10.2 Å². The molecule has 0 aromatic carbocycles. The van der Waals surface area contributed by atoms with E-state index in [0.29, 0.717) is 25.0 Å². The standard InChI is InChI=1S/C12H21N5O2S/c1-3-13-12-14-7-11(8-15-12)20(18,19)16-6-10-4-5-17(2)9-10/h7-8,10,16H,3-6,9H2,1-2H3,(H,13,14,15). The van der Waals surface area contributed by atoms with Gasteiger partial charge in [-0.3, -0.25) is 0 Å². The van der Waals surface area contributed by atoms with E-state index in [2.05, 4.69) is 24.9 Å². The molecule has 8 heteroatoms. The largest absolute Gasteiger partial charge is 0.355 e. The molecule has 1 unspecified atom stereocenters. The lowest BCUT2D eigenvalue weighted by Gasteiger charge is -2.12. The summed E-state index contributed by atoms with van der Waals surface area (Å²) in [6.45, 7) is 5.03. The Morgan fingerprint density at radius 3 is 2.65 bits per heavy atom. The fourth-order valence-electron chi connectivity index (χ4n) is 2.21. The Morgan fingerprint density at radius 2 is 2.10 bits per heavy atom. The van der Waals surface area contributed by atoms with Gasteiger partial charge in [-0.25, -0.2) is 23.1 Å². The third-order valence-corrected chi connectivity index (χ3v) is 4.70. The van der Waals surface area contributed by atoms with E-state index in [1.807, 2.05) is 14.0 Å². The Morgan fingerprint density at radius 1 is 1.40 bits per heavy atom. The van der Waals surface area contributed by atoms with E-state index >= 15 is 0 Å². The van der Waals surface area contributed by atoms with Crippen molar-refractivity contribution in [2.24, 2.45) is 5.92 Å². The summed E-state index contributed by atoms with van der Waals surface area (Å²) in [6.07, 6.45) is 3.68. The van der Waals surface area contributed by atoms with Crippen LogP contribution in [0.25, 0.3) is 0 Å². The van der Waals surface area contributed by atoms with Crippen LogP contribution in [0.4, 0.5) is 5.95 Å². The third-order valence-electron chi connectivity index (χ3n) is 3.32. The SMILES string of the molecule is CCNc1ncc(S(=O)(=O)NCC2CCN(C)C2)cn1. The van der Waals surface area contributed by atoms with Crippen LogP contribution < -0.4 is 10.0 Å². The van der Waals surface area contributed by atoms with Gasteiger partial charge in [0.1, 0.15) is 4.90 Å². The van der Waals surface area contributed by atoms with Crippen LogP contribution in [-0.4, -0.2) is 56.5 Å². The first-order chi connectivity index (χ1) is 9.51. The highest BCUT2D eigenvalue weighted by molar-refractivity contribution is 7.89. The van der Waals surface area contributed by atoms with Gasteiger partial charge in [-0.2, -0.15) is 0 Å². The number of likely N-dealkylation sites (tertiary alicyclic amines) is 1. The van der Waals surface area contributed by atoms with Crippen LogP contribution in [0.3, 0.4) is 0 Å². The van der Waals surface area contributed by atoms with Crippen molar-refractivity contribution in [3.8, 4) is 0 Å². The van der Waals surface area contributed by atoms with E-state index < -0.39 is 10.0 Å². The quantitative estimate of drug-likeness (QED) is 0.777. The summed E-state index contributed by atoms with van der Waals surface area (Å²) in [4.78, 5) is 10.3. The Labute approximate surface area is 119 Å². The second-order valence-corrected chi connectivity index (χ2v) is 6.81. The minimum atomic E-state index is -3.52.